The summed E-state index contributed by atoms with van der Waals surface area (Å²) in [6, 6.07) is 10.7. The van der Waals surface area contributed by atoms with E-state index in [1.807, 2.05) is 0 Å². The molecule has 0 amide bonds. The Morgan fingerprint density at radius 1 is 1.12 bits per heavy atom. The molecule has 3 aliphatic heterocycles. The van der Waals surface area contributed by atoms with Crippen molar-refractivity contribution in [3.63, 3.8) is 0 Å². The number of piperidine rings is 2. The van der Waals surface area contributed by atoms with Crippen LogP contribution in [0.5, 0.6) is 5.75 Å². The third-order valence-electron chi connectivity index (χ3n) is 12.1. The SMILES string of the molecule is CN(C)CCc1ccc(OCC2=CC34CC5C6C7(C)CCCC68C(C3CC2CC48)N5C7)cc1. The van der Waals surface area contributed by atoms with Crippen molar-refractivity contribution < 1.29 is 4.74 Å². The fourth-order valence-corrected chi connectivity index (χ4v) is 11.5. The van der Waals surface area contributed by atoms with Gasteiger partial charge in [-0.05, 0) is 116 Å². The normalized spacial score (nSPS) is 51.5. The van der Waals surface area contributed by atoms with Gasteiger partial charge in [0.15, 0.2) is 0 Å². The Balaban J connectivity index is 1.05. The molecule has 10 rings (SSSR count). The molecule has 6 aliphatic carbocycles. The van der Waals surface area contributed by atoms with Crippen molar-refractivity contribution in [2.24, 2.45) is 39.9 Å². The highest BCUT2D eigenvalue weighted by Crippen LogP contribution is 2.86. The van der Waals surface area contributed by atoms with Gasteiger partial charge in [0.25, 0.3) is 0 Å². The molecule has 2 spiro atoms. The number of hydrogen-bond donors (Lipinski definition) is 0. The van der Waals surface area contributed by atoms with Crippen LogP contribution in [0.2, 0.25) is 0 Å². The summed E-state index contributed by atoms with van der Waals surface area (Å²) < 4.78 is 6.40. The summed E-state index contributed by atoms with van der Waals surface area (Å²) in [4.78, 5) is 5.33. The molecule has 176 valence electrons. The second-order valence-corrected chi connectivity index (χ2v) is 13.6. The highest BCUT2D eigenvalue weighted by molar-refractivity contribution is 5.43. The summed E-state index contributed by atoms with van der Waals surface area (Å²) in [5.74, 6) is 4.77. The predicted molar refractivity (Wildman–Crippen MR) is 131 cm³/mol. The first-order chi connectivity index (χ1) is 15.9. The fourth-order valence-electron chi connectivity index (χ4n) is 11.5. The van der Waals surface area contributed by atoms with Crippen LogP contribution in [0, 0.1) is 39.9 Å². The summed E-state index contributed by atoms with van der Waals surface area (Å²) >= 11 is 0. The molecule has 7 fully saturated rings. The molecular weight excluding hydrogens is 404 g/mol. The molecule has 0 N–H and O–H groups in total. The Bertz CT molecular complexity index is 1030. The molecule has 0 aromatic heterocycles. The second kappa shape index (κ2) is 6.26. The zero-order chi connectivity index (χ0) is 22.2. The predicted octanol–water partition coefficient (Wildman–Crippen LogP) is 5.01. The van der Waals surface area contributed by atoms with E-state index >= 15 is 0 Å². The van der Waals surface area contributed by atoms with Gasteiger partial charge in [-0.1, -0.05) is 31.6 Å². The van der Waals surface area contributed by atoms with Crippen molar-refractivity contribution in [3.8, 4) is 5.75 Å². The zero-order valence-electron chi connectivity index (χ0n) is 20.7. The van der Waals surface area contributed by atoms with Gasteiger partial charge in [-0.2, -0.15) is 0 Å². The lowest BCUT2D eigenvalue weighted by atomic mass is 9.42. The molecule has 10 atom stereocenters. The minimum Gasteiger partial charge on any atom is -0.489 e. The van der Waals surface area contributed by atoms with Gasteiger partial charge in [-0.15, -0.1) is 0 Å². The van der Waals surface area contributed by atoms with Gasteiger partial charge in [0.2, 0.25) is 0 Å². The lowest BCUT2D eigenvalue weighted by molar-refractivity contribution is -0.0909. The molecule has 3 heteroatoms. The van der Waals surface area contributed by atoms with Crippen LogP contribution < -0.4 is 4.74 Å². The third-order valence-corrected chi connectivity index (χ3v) is 12.1. The monoisotopic (exact) mass is 444 g/mol. The van der Waals surface area contributed by atoms with Crippen LogP contribution in [0.25, 0.3) is 0 Å². The average Bonchev–Trinajstić information content (AvgIpc) is 3.21. The summed E-state index contributed by atoms with van der Waals surface area (Å²) in [7, 11) is 4.28. The highest BCUT2D eigenvalue weighted by atomic mass is 16.5. The first-order valence-corrected chi connectivity index (χ1v) is 13.8. The van der Waals surface area contributed by atoms with Crippen LogP contribution in [0.3, 0.4) is 0 Å². The van der Waals surface area contributed by atoms with E-state index in [1.165, 1.54) is 44.2 Å². The molecule has 3 nitrogen and oxygen atoms in total. The minimum absolute atomic E-state index is 0.522. The van der Waals surface area contributed by atoms with E-state index in [0.29, 0.717) is 16.2 Å². The summed E-state index contributed by atoms with van der Waals surface area (Å²) in [6.07, 6.45) is 12.9. The van der Waals surface area contributed by atoms with Crippen LogP contribution >= 0.6 is 0 Å². The second-order valence-electron chi connectivity index (χ2n) is 13.6. The average molecular weight is 445 g/mol. The van der Waals surface area contributed by atoms with Gasteiger partial charge in [0.05, 0.1) is 0 Å². The maximum Gasteiger partial charge on any atom is 0.119 e. The molecule has 9 aliphatic rings. The summed E-state index contributed by atoms with van der Waals surface area (Å²) in [5.41, 5.74) is 4.89. The third kappa shape index (κ3) is 2.26. The van der Waals surface area contributed by atoms with Crippen LogP contribution in [0.1, 0.15) is 51.0 Å². The maximum atomic E-state index is 6.40. The summed E-state index contributed by atoms with van der Waals surface area (Å²) in [5, 5.41) is 0. The molecule has 1 aromatic carbocycles. The minimum atomic E-state index is 0.522. The van der Waals surface area contributed by atoms with E-state index in [4.69, 9.17) is 4.74 Å². The number of allylic oxidation sites excluding steroid dienone is 1. The van der Waals surface area contributed by atoms with Gasteiger partial charge in [0.1, 0.15) is 12.4 Å². The zero-order valence-corrected chi connectivity index (χ0v) is 20.7. The van der Waals surface area contributed by atoms with E-state index in [0.717, 1.165) is 61.1 Å². The number of likely N-dealkylation sites (N-methyl/N-ethyl adjacent to an activating group) is 1. The highest BCUT2D eigenvalue weighted by Gasteiger charge is 2.86. The molecule has 3 heterocycles. The van der Waals surface area contributed by atoms with Gasteiger partial charge >= 0.3 is 0 Å². The molecule has 4 saturated carbocycles. The molecule has 1 aromatic rings. The number of benzene rings is 1. The van der Waals surface area contributed by atoms with Crippen LogP contribution in [-0.4, -0.2) is 55.7 Å². The summed E-state index contributed by atoms with van der Waals surface area (Å²) in [6.45, 7) is 6.00. The fraction of sp³-hybridized carbons (Fsp3) is 0.733. The number of ether oxygens (including phenoxy) is 1. The van der Waals surface area contributed by atoms with Gasteiger partial charge in [-0.25, -0.2) is 0 Å². The van der Waals surface area contributed by atoms with Crippen molar-refractivity contribution in [2.45, 2.75) is 64.0 Å². The first-order valence-electron chi connectivity index (χ1n) is 13.8. The number of hydrogen-bond acceptors (Lipinski definition) is 3. The Morgan fingerprint density at radius 2 is 1.97 bits per heavy atom. The van der Waals surface area contributed by atoms with Crippen molar-refractivity contribution >= 4 is 0 Å². The molecule has 33 heavy (non-hydrogen) atoms. The molecule has 10 unspecified atom stereocenters. The topological polar surface area (TPSA) is 15.7 Å². The van der Waals surface area contributed by atoms with Crippen LogP contribution in [-0.2, 0) is 6.42 Å². The standard InChI is InChI=1S/C30H40N2O/c1-28-10-4-11-30-25-14-20-13-23-27(30)32(18-28)24(26(28)30)16-29(23,25)15-21(20)17-33-22-7-5-19(6-8-22)9-12-31(2)3/h5-8,15,20,23-27H,4,9-14,16-18H2,1-3H3. The van der Waals surface area contributed by atoms with E-state index in [1.54, 1.807) is 12.0 Å². The maximum absolute atomic E-state index is 6.40. The van der Waals surface area contributed by atoms with Crippen molar-refractivity contribution in [1.29, 1.82) is 0 Å². The van der Waals surface area contributed by atoms with Crippen molar-refractivity contribution in [3.05, 3.63) is 41.5 Å². The Hall–Kier alpha value is -1.32. The van der Waals surface area contributed by atoms with Crippen LogP contribution in [0.15, 0.2) is 35.9 Å². The van der Waals surface area contributed by atoms with Gasteiger partial charge in [-0.3, -0.25) is 4.90 Å². The Labute approximate surface area is 199 Å². The Morgan fingerprint density at radius 3 is 2.79 bits per heavy atom. The molecule has 9 bridgehead atoms. The lowest BCUT2D eigenvalue weighted by Gasteiger charge is -2.61. The smallest absolute Gasteiger partial charge is 0.119 e. The first kappa shape index (κ1) is 19.9. The molecule has 0 radical (unpaired) electrons. The van der Waals surface area contributed by atoms with E-state index in [9.17, 15) is 0 Å². The number of rotatable bonds is 6. The van der Waals surface area contributed by atoms with E-state index in [2.05, 4.69) is 61.2 Å². The quantitative estimate of drug-likeness (QED) is 0.574. The Kier molecular flexibility index (Phi) is 3.78. The van der Waals surface area contributed by atoms with E-state index < -0.39 is 0 Å². The largest absolute Gasteiger partial charge is 0.489 e. The van der Waals surface area contributed by atoms with Crippen molar-refractivity contribution in [1.82, 2.24) is 9.80 Å². The van der Waals surface area contributed by atoms with Crippen molar-refractivity contribution in [2.75, 3.05) is 33.8 Å². The van der Waals surface area contributed by atoms with E-state index in [-0.39, 0.29) is 0 Å². The molecule has 3 saturated heterocycles. The number of nitrogens with zero attached hydrogens (tertiary/aromatic N) is 2. The lowest BCUT2D eigenvalue weighted by Crippen LogP contribution is -2.57. The van der Waals surface area contributed by atoms with Gasteiger partial charge in [0, 0.05) is 25.2 Å². The van der Waals surface area contributed by atoms with Crippen LogP contribution in [0.4, 0.5) is 0 Å². The van der Waals surface area contributed by atoms with Gasteiger partial charge < -0.3 is 9.64 Å². The molecular formula is C30H40N2O.